The van der Waals surface area contributed by atoms with Gasteiger partial charge in [0.05, 0.1) is 40.3 Å². The molecule has 1 aliphatic carbocycles. The highest BCUT2D eigenvalue weighted by Crippen LogP contribution is 2.38. The number of benzene rings is 3. The van der Waals surface area contributed by atoms with Gasteiger partial charge in [-0.15, -0.1) is 0 Å². The van der Waals surface area contributed by atoms with E-state index in [4.69, 9.17) is 0 Å². The van der Waals surface area contributed by atoms with Gasteiger partial charge >= 0.3 is 0 Å². The largest absolute Gasteiger partial charge is 0.308 e. The Labute approximate surface area is 337 Å². The molecule has 0 amide bonds. The first kappa shape index (κ1) is 35.0. The van der Waals surface area contributed by atoms with Crippen LogP contribution in [0.1, 0.15) is 30.3 Å². The molecule has 0 fully saturated rings. The molecule has 0 unspecified atom stereocenters. The summed E-state index contributed by atoms with van der Waals surface area (Å²) in [7, 11) is 0. The summed E-state index contributed by atoms with van der Waals surface area (Å²) in [6.45, 7) is 2.23. The van der Waals surface area contributed by atoms with Gasteiger partial charge in [0.15, 0.2) is 0 Å². The molecule has 6 aromatic heterocycles. The zero-order chi connectivity index (χ0) is 38.8. The fourth-order valence-corrected chi connectivity index (χ4v) is 8.38. The van der Waals surface area contributed by atoms with Crippen LogP contribution in [0.3, 0.4) is 0 Å². The number of pyridine rings is 4. The second-order valence-corrected chi connectivity index (χ2v) is 14.6. The van der Waals surface area contributed by atoms with Crippen molar-refractivity contribution in [1.29, 1.82) is 0 Å². The lowest BCUT2D eigenvalue weighted by Gasteiger charge is -2.13. The van der Waals surface area contributed by atoms with Gasteiger partial charge in [0.2, 0.25) is 0 Å². The van der Waals surface area contributed by atoms with Crippen molar-refractivity contribution in [2.24, 2.45) is 0 Å². The monoisotopic (exact) mass is 748 g/mol. The predicted molar refractivity (Wildman–Crippen MR) is 238 cm³/mol. The lowest BCUT2D eigenvalue weighted by atomic mass is 10.00. The number of hydrogen-bond donors (Lipinski definition) is 0. The molecule has 0 saturated carbocycles. The maximum absolute atomic E-state index is 4.60. The molecule has 6 heterocycles. The lowest BCUT2D eigenvalue weighted by Crippen LogP contribution is -2.01. The molecule has 0 atom stereocenters. The van der Waals surface area contributed by atoms with Gasteiger partial charge in [0, 0.05) is 70.0 Å². The van der Waals surface area contributed by atoms with Crippen LogP contribution >= 0.6 is 0 Å². The van der Waals surface area contributed by atoms with Crippen LogP contribution in [0.15, 0.2) is 194 Å². The Morgan fingerprint density at radius 1 is 0.621 bits per heavy atom. The average Bonchev–Trinajstić information content (AvgIpc) is 3.70. The smallest absolute Gasteiger partial charge is 0.0724 e. The van der Waals surface area contributed by atoms with Crippen molar-refractivity contribution in [3.63, 3.8) is 0 Å². The minimum Gasteiger partial charge on any atom is -0.308 e. The third-order valence-electron chi connectivity index (χ3n) is 11.2. The fraction of sp³-hybridized carbons (Fsp3) is 0.0769. The molecular formula is C52H40N6. The van der Waals surface area contributed by atoms with Crippen molar-refractivity contribution in [3.05, 3.63) is 211 Å². The Morgan fingerprint density at radius 2 is 1.38 bits per heavy atom. The van der Waals surface area contributed by atoms with Crippen LogP contribution in [0.5, 0.6) is 0 Å². The fourth-order valence-electron chi connectivity index (χ4n) is 8.38. The van der Waals surface area contributed by atoms with Gasteiger partial charge in [-0.3, -0.25) is 19.9 Å². The SMILES string of the molecule is CC/C(=C\C=C/Cc1ccccn1)C1=CCc2c(n(-c3cccc(-n4c5ccc(-c6cccc(-c7ccccn7)c6)cc5c5ccncc54)c3)c3cnccc23)C=C1. The standard InChI is InChI=1S/C52H40N6/c1-2-36(11-3-4-14-41-15-5-7-27-55-41)37-19-22-44-45-25-29-53-34-51(45)57(49(44)23-20-37)42-16-10-17-43(33-42)58-50-24-21-39(32-47(50)46-26-30-54-35-52(46)58)38-12-9-13-40(31-38)48-18-6-8-28-56-48/h3-13,15-21,23-35H,2,14,22H2,1H3/b4-3-,36-11+. The number of aromatic nitrogens is 6. The topological polar surface area (TPSA) is 61.4 Å². The Hall–Kier alpha value is -7.44. The summed E-state index contributed by atoms with van der Waals surface area (Å²) in [6.07, 6.45) is 27.6. The molecule has 9 aromatic rings. The van der Waals surface area contributed by atoms with E-state index in [9.17, 15) is 0 Å². The van der Waals surface area contributed by atoms with Crippen LogP contribution < -0.4 is 0 Å². The van der Waals surface area contributed by atoms with E-state index in [0.717, 1.165) is 80.7 Å². The molecule has 58 heavy (non-hydrogen) atoms. The average molecular weight is 749 g/mol. The van der Waals surface area contributed by atoms with Crippen LogP contribution in [0.2, 0.25) is 0 Å². The van der Waals surface area contributed by atoms with Crippen LogP contribution in [0, 0.1) is 0 Å². The molecule has 1 aliphatic rings. The molecule has 0 bridgehead atoms. The van der Waals surface area contributed by atoms with E-state index < -0.39 is 0 Å². The number of fused-ring (bicyclic) bond motifs is 6. The van der Waals surface area contributed by atoms with Gasteiger partial charge in [-0.05, 0) is 120 Å². The molecule has 0 radical (unpaired) electrons. The van der Waals surface area contributed by atoms with Gasteiger partial charge in [0.1, 0.15) is 0 Å². The van der Waals surface area contributed by atoms with E-state index in [0.29, 0.717) is 0 Å². The number of nitrogens with zero attached hydrogens (tertiary/aromatic N) is 6. The maximum atomic E-state index is 4.60. The highest BCUT2D eigenvalue weighted by atomic mass is 15.0. The predicted octanol–water partition coefficient (Wildman–Crippen LogP) is 12.3. The normalized spacial score (nSPS) is 13.1. The second kappa shape index (κ2) is 15.2. The summed E-state index contributed by atoms with van der Waals surface area (Å²) in [6, 6.07) is 40.6. The Balaban J connectivity index is 1.03. The van der Waals surface area contributed by atoms with Crippen molar-refractivity contribution < 1.29 is 0 Å². The minimum atomic E-state index is 0.811. The molecule has 10 rings (SSSR count). The molecule has 6 nitrogen and oxygen atoms in total. The highest BCUT2D eigenvalue weighted by Gasteiger charge is 2.20. The van der Waals surface area contributed by atoms with Crippen molar-refractivity contribution in [2.75, 3.05) is 0 Å². The maximum Gasteiger partial charge on any atom is 0.0724 e. The molecule has 278 valence electrons. The molecule has 6 heteroatoms. The van der Waals surface area contributed by atoms with E-state index in [-0.39, 0.29) is 0 Å². The zero-order valence-electron chi connectivity index (χ0n) is 32.2. The van der Waals surface area contributed by atoms with E-state index in [2.05, 4.69) is 163 Å². The molecule has 0 spiro atoms. The first-order chi connectivity index (χ1) is 28.7. The third kappa shape index (κ3) is 6.44. The van der Waals surface area contributed by atoms with Gasteiger partial charge in [0.25, 0.3) is 0 Å². The first-order valence-electron chi connectivity index (χ1n) is 19.9. The summed E-state index contributed by atoms with van der Waals surface area (Å²) in [5.74, 6) is 0. The lowest BCUT2D eigenvalue weighted by molar-refractivity contribution is 1.07. The van der Waals surface area contributed by atoms with Gasteiger partial charge in [-0.25, -0.2) is 0 Å². The molecular weight excluding hydrogens is 709 g/mol. The van der Waals surface area contributed by atoms with E-state index in [1.807, 2.05) is 61.4 Å². The van der Waals surface area contributed by atoms with Crippen LogP contribution in [-0.4, -0.2) is 29.1 Å². The quantitative estimate of drug-likeness (QED) is 0.138. The van der Waals surface area contributed by atoms with Gasteiger partial charge < -0.3 is 9.13 Å². The highest BCUT2D eigenvalue weighted by molar-refractivity contribution is 6.10. The Bertz CT molecular complexity index is 3090. The van der Waals surface area contributed by atoms with Crippen molar-refractivity contribution >= 4 is 38.8 Å². The van der Waals surface area contributed by atoms with Gasteiger partial charge in [-0.1, -0.05) is 79.8 Å². The van der Waals surface area contributed by atoms with Crippen molar-refractivity contribution in [2.45, 2.75) is 26.2 Å². The second-order valence-electron chi connectivity index (χ2n) is 14.6. The van der Waals surface area contributed by atoms with Crippen molar-refractivity contribution in [3.8, 4) is 33.8 Å². The van der Waals surface area contributed by atoms with E-state index in [1.54, 1.807) is 0 Å². The zero-order valence-corrected chi connectivity index (χ0v) is 32.2. The minimum absolute atomic E-state index is 0.811. The molecule has 0 saturated heterocycles. The summed E-state index contributed by atoms with van der Waals surface area (Å²) in [4.78, 5) is 18.2. The van der Waals surface area contributed by atoms with Gasteiger partial charge in [-0.2, -0.15) is 0 Å². The number of allylic oxidation sites excluding steroid dienone is 7. The Morgan fingerprint density at radius 3 is 2.19 bits per heavy atom. The van der Waals surface area contributed by atoms with Crippen molar-refractivity contribution in [1.82, 2.24) is 29.1 Å². The van der Waals surface area contributed by atoms with Crippen LogP contribution in [0.4, 0.5) is 0 Å². The summed E-state index contributed by atoms with van der Waals surface area (Å²) in [5, 5.41) is 3.56. The van der Waals surface area contributed by atoms with Crippen LogP contribution in [-0.2, 0) is 12.8 Å². The summed E-state index contributed by atoms with van der Waals surface area (Å²) < 4.78 is 4.71. The van der Waals surface area contributed by atoms with Crippen LogP contribution in [0.25, 0.3) is 72.5 Å². The molecule has 3 aromatic carbocycles. The summed E-state index contributed by atoms with van der Waals surface area (Å²) in [5.41, 5.74) is 15.9. The third-order valence-corrected chi connectivity index (χ3v) is 11.2. The first-order valence-corrected chi connectivity index (χ1v) is 19.9. The van der Waals surface area contributed by atoms with E-state index in [1.165, 1.54) is 33.2 Å². The number of hydrogen-bond acceptors (Lipinski definition) is 4. The summed E-state index contributed by atoms with van der Waals surface area (Å²) >= 11 is 0. The van der Waals surface area contributed by atoms with E-state index >= 15 is 0 Å². The number of rotatable bonds is 9. The Kier molecular flexibility index (Phi) is 9.20. The molecule has 0 N–H and O–H groups in total. The molecule has 0 aliphatic heterocycles.